The van der Waals surface area contributed by atoms with Gasteiger partial charge in [-0.3, -0.25) is 9.59 Å². The highest BCUT2D eigenvalue weighted by molar-refractivity contribution is 6.18. The lowest BCUT2D eigenvalue weighted by molar-refractivity contribution is -0.171. The summed E-state index contributed by atoms with van der Waals surface area (Å²) in [6, 6.07) is 0. The molecule has 4 aliphatic carbocycles. The lowest BCUT2D eigenvalue weighted by Gasteiger charge is -2.56. The predicted molar refractivity (Wildman–Crippen MR) is 171 cm³/mol. The van der Waals surface area contributed by atoms with E-state index in [2.05, 4.69) is 19.6 Å². The molecule has 1 spiro atoms. The molecule has 2 N–H and O–H groups in total. The average molecular weight is 629 g/mol. The second-order valence-corrected chi connectivity index (χ2v) is 15.5. The Labute approximate surface area is 270 Å². The minimum absolute atomic E-state index is 0.0580. The number of carboxylic acids is 1. The van der Waals surface area contributed by atoms with Gasteiger partial charge in [-0.25, -0.2) is 4.79 Å². The van der Waals surface area contributed by atoms with Crippen LogP contribution in [0, 0.1) is 17.8 Å². The summed E-state index contributed by atoms with van der Waals surface area (Å²) in [6.45, 7) is 17.7. The van der Waals surface area contributed by atoms with Crippen molar-refractivity contribution in [2.45, 2.75) is 115 Å². The van der Waals surface area contributed by atoms with Gasteiger partial charge in [-0.2, -0.15) is 0 Å². The van der Waals surface area contributed by atoms with Gasteiger partial charge in [0, 0.05) is 46.4 Å². The smallest absolute Gasteiger partial charge is 0.330 e. The van der Waals surface area contributed by atoms with E-state index in [4.69, 9.17) is 14.2 Å². The summed E-state index contributed by atoms with van der Waals surface area (Å²) >= 11 is 0. The van der Waals surface area contributed by atoms with E-state index in [-0.39, 0.29) is 58.4 Å². The normalized spacial score (nSPS) is 36.1. The number of aromatic hydroxyl groups is 1. The maximum Gasteiger partial charge on any atom is 0.330 e. The minimum Gasteiger partial charge on any atom is -0.507 e. The number of hydrogen-bond donors (Lipinski definition) is 2. The van der Waals surface area contributed by atoms with Crippen LogP contribution in [-0.4, -0.2) is 50.2 Å². The van der Waals surface area contributed by atoms with Crippen molar-refractivity contribution in [2.24, 2.45) is 17.8 Å². The largest absolute Gasteiger partial charge is 0.507 e. The second kappa shape index (κ2) is 9.69. The lowest BCUT2D eigenvalue weighted by atomic mass is 9.51. The average Bonchev–Trinajstić information content (AvgIpc) is 3.11. The summed E-state index contributed by atoms with van der Waals surface area (Å²) in [6.07, 6.45) is 8.47. The molecule has 0 amide bonds. The number of phenols is 1. The van der Waals surface area contributed by atoms with E-state index >= 15 is 0 Å². The van der Waals surface area contributed by atoms with Gasteiger partial charge in [-0.15, -0.1) is 0 Å². The first-order valence-corrected chi connectivity index (χ1v) is 16.5. The Bertz CT molecular complexity index is 1740. The highest BCUT2D eigenvalue weighted by Crippen LogP contribution is 2.69. The Morgan fingerprint density at radius 1 is 1.09 bits per heavy atom. The number of allylic oxidation sites excluding steroid dienone is 4. The fraction of sp³-hybridized carbons (Fsp3) is 0.553. The molecule has 8 rings (SSSR count). The number of ether oxygens (including phenoxy) is 3. The summed E-state index contributed by atoms with van der Waals surface area (Å²) in [5.41, 5.74) is -0.519. The van der Waals surface area contributed by atoms with E-state index in [0.29, 0.717) is 41.7 Å². The molecule has 0 radical (unpaired) electrons. The van der Waals surface area contributed by atoms with Gasteiger partial charge in [-0.05, 0) is 86.5 Å². The topological polar surface area (TPSA) is 119 Å². The number of carbonyl (C=O) groups is 3. The summed E-state index contributed by atoms with van der Waals surface area (Å²) in [7, 11) is 0. The van der Waals surface area contributed by atoms with Crippen LogP contribution in [0.5, 0.6) is 17.2 Å². The van der Waals surface area contributed by atoms with Crippen LogP contribution in [0.3, 0.4) is 0 Å². The van der Waals surface area contributed by atoms with Crippen LogP contribution >= 0.6 is 0 Å². The first-order valence-electron chi connectivity index (χ1n) is 16.5. The SMILES string of the molecule is C=C(C)C1CC[C@]2(C)CC1c1c(O)c3c(c(CC=C(C)C)c1O2)O[C@]12C(=C[C@@H]4C[C@@H]1C(C)(C)O[C@@]2(C/C=C(/C)C(=O)O)C4=O)C3=O. The highest BCUT2D eigenvalue weighted by atomic mass is 16.6. The van der Waals surface area contributed by atoms with Crippen LogP contribution in [0.2, 0.25) is 0 Å². The van der Waals surface area contributed by atoms with E-state index < -0.39 is 34.3 Å². The zero-order valence-corrected chi connectivity index (χ0v) is 27.8. The van der Waals surface area contributed by atoms with Crippen LogP contribution in [0.15, 0.2) is 47.1 Å². The van der Waals surface area contributed by atoms with E-state index in [1.54, 1.807) is 6.08 Å². The van der Waals surface area contributed by atoms with Crippen molar-refractivity contribution in [3.63, 3.8) is 0 Å². The third-order valence-electron chi connectivity index (χ3n) is 11.8. The number of aliphatic carboxylic acids is 1. The molecular formula is C38H44O8. The third-order valence-corrected chi connectivity index (χ3v) is 11.8. The van der Waals surface area contributed by atoms with Crippen LogP contribution < -0.4 is 9.47 Å². The molecule has 7 aliphatic rings. The number of carbonyl (C=O) groups excluding carboxylic acids is 2. The van der Waals surface area contributed by atoms with Crippen molar-refractivity contribution < 1.29 is 38.8 Å². The lowest BCUT2D eigenvalue weighted by Crippen LogP contribution is -2.72. The first kappa shape index (κ1) is 31.0. The predicted octanol–water partition coefficient (Wildman–Crippen LogP) is 6.94. The zero-order valence-electron chi connectivity index (χ0n) is 27.8. The summed E-state index contributed by atoms with van der Waals surface area (Å²) < 4.78 is 20.8. The van der Waals surface area contributed by atoms with Crippen molar-refractivity contribution in [3.8, 4) is 17.2 Å². The summed E-state index contributed by atoms with van der Waals surface area (Å²) in [4.78, 5) is 41.1. The molecule has 1 aromatic carbocycles. The van der Waals surface area contributed by atoms with Crippen molar-refractivity contribution in [1.82, 2.24) is 0 Å². The van der Waals surface area contributed by atoms with E-state index in [0.717, 1.165) is 24.0 Å². The van der Waals surface area contributed by atoms with Crippen molar-refractivity contribution in [2.75, 3.05) is 0 Å². The Hall–Kier alpha value is -3.65. The monoisotopic (exact) mass is 628 g/mol. The van der Waals surface area contributed by atoms with Gasteiger partial charge in [0.2, 0.25) is 0 Å². The number of Topliss-reactive ketones (excluding diaryl/α,β-unsaturated/α-hetero) is 2. The molecule has 1 aromatic rings. The van der Waals surface area contributed by atoms with Gasteiger partial charge in [0.05, 0.1) is 5.60 Å². The van der Waals surface area contributed by atoms with Crippen molar-refractivity contribution >= 4 is 17.5 Å². The quantitative estimate of drug-likeness (QED) is 0.257. The van der Waals surface area contributed by atoms with Crippen LogP contribution in [0.25, 0.3) is 0 Å². The van der Waals surface area contributed by atoms with Gasteiger partial charge in [-0.1, -0.05) is 36.0 Å². The first-order chi connectivity index (χ1) is 21.5. The molecule has 8 heteroatoms. The van der Waals surface area contributed by atoms with Gasteiger partial charge in [0.15, 0.2) is 22.8 Å². The fourth-order valence-corrected chi connectivity index (χ4v) is 9.66. The molecule has 8 nitrogen and oxygen atoms in total. The standard InChI is InChI=1S/C38H44O8/c1-18(2)9-10-23-31-27(24-17-36(8,44-31)13-12-22(24)19(3)4)30(40)28-29(39)25-15-21-16-26-35(6,7)46-37(33(21)41,14-11-20(5)34(42)43)38(25,26)45-32(23)28/h9,11,15,21-22,24,26,40H,3,10,12-14,16-17H2,1-2,4-8H3,(H,42,43)/b20-11-/t21-,22?,24?,26-,36-,37+,38-/m1/s1. The number of rotatable bonds is 6. The highest BCUT2D eigenvalue weighted by Gasteiger charge is 2.81. The number of fused-ring (bicyclic) bond motifs is 5. The van der Waals surface area contributed by atoms with Crippen molar-refractivity contribution in [1.29, 1.82) is 0 Å². The molecule has 3 fully saturated rings. The molecule has 3 aliphatic heterocycles. The number of benzene rings is 1. The number of carboxylic acid groups (broad SMARTS) is 1. The molecule has 2 saturated carbocycles. The van der Waals surface area contributed by atoms with Gasteiger partial charge < -0.3 is 24.4 Å². The van der Waals surface area contributed by atoms with Crippen molar-refractivity contribution in [3.05, 3.63) is 63.8 Å². The summed E-state index contributed by atoms with van der Waals surface area (Å²) in [5, 5.41) is 21.8. The third kappa shape index (κ3) is 3.85. The fourth-order valence-electron chi connectivity index (χ4n) is 9.66. The Morgan fingerprint density at radius 3 is 2.46 bits per heavy atom. The zero-order chi connectivity index (χ0) is 33.3. The van der Waals surface area contributed by atoms with E-state index in [1.165, 1.54) is 13.0 Å². The molecule has 2 unspecified atom stereocenters. The number of ketones is 2. The van der Waals surface area contributed by atoms with Crippen LogP contribution in [0.1, 0.15) is 108 Å². The molecule has 0 aromatic heterocycles. The molecule has 7 atom stereocenters. The molecule has 46 heavy (non-hydrogen) atoms. The molecule has 6 bridgehead atoms. The van der Waals surface area contributed by atoms with Crippen LogP contribution in [-0.2, 0) is 20.7 Å². The molecule has 1 saturated heterocycles. The minimum atomic E-state index is -1.62. The summed E-state index contributed by atoms with van der Waals surface area (Å²) in [5.74, 6) is -1.93. The second-order valence-electron chi connectivity index (χ2n) is 15.5. The van der Waals surface area contributed by atoms with Crippen LogP contribution in [0.4, 0.5) is 0 Å². The molecule has 3 heterocycles. The maximum absolute atomic E-state index is 15.0. The number of phenolic OH excluding ortho intramolecular Hbond substituents is 1. The maximum atomic E-state index is 15.0. The molecular weight excluding hydrogens is 584 g/mol. The Kier molecular flexibility index (Phi) is 6.53. The molecule has 244 valence electrons. The Morgan fingerprint density at radius 2 is 1.80 bits per heavy atom. The van der Waals surface area contributed by atoms with E-state index in [9.17, 15) is 24.6 Å². The van der Waals surface area contributed by atoms with E-state index in [1.807, 2.05) is 34.6 Å². The Balaban J connectivity index is 1.52. The number of hydrogen-bond acceptors (Lipinski definition) is 7. The van der Waals surface area contributed by atoms with Gasteiger partial charge in [0.25, 0.3) is 0 Å². The van der Waals surface area contributed by atoms with Gasteiger partial charge >= 0.3 is 5.97 Å². The van der Waals surface area contributed by atoms with Gasteiger partial charge in [0.1, 0.15) is 28.4 Å².